The van der Waals surface area contributed by atoms with Crippen molar-refractivity contribution >= 4 is 17.6 Å². The molecule has 7 heteroatoms. The van der Waals surface area contributed by atoms with Crippen molar-refractivity contribution in [3.63, 3.8) is 0 Å². The normalized spacial score (nSPS) is 36.5. The number of carbonyl (C=O) groups is 2. The molecule has 5 rings (SSSR count). The third-order valence-electron chi connectivity index (χ3n) is 10.2. The van der Waals surface area contributed by atoms with Gasteiger partial charge in [-0.25, -0.2) is 4.79 Å². The molecule has 5 unspecified atom stereocenters. The van der Waals surface area contributed by atoms with Crippen LogP contribution < -0.4 is 5.32 Å². The van der Waals surface area contributed by atoms with Crippen LogP contribution in [0, 0.1) is 28.6 Å². The van der Waals surface area contributed by atoms with Crippen molar-refractivity contribution in [1.82, 2.24) is 5.32 Å². The molecule has 200 valence electrons. The highest BCUT2D eigenvalue weighted by Gasteiger charge is 2.58. The van der Waals surface area contributed by atoms with E-state index in [9.17, 15) is 19.8 Å². The van der Waals surface area contributed by atoms with Crippen LogP contribution in [-0.2, 0) is 20.8 Å². The number of benzene rings is 1. The minimum atomic E-state index is -1.08. The summed E-state index contributed by atoms with van der Waals surface area (Å²) in [7, 11) is 0. The van der Waals surface area contributed by atoms with E-state index >= 15 is 0 Å². The first-order valence-corrected chi connectivity index (χ1v) is 13.8. The van der Waals surface area contributed by atoms with Gasteiger partial charge in [-0.1, -0.05) is 54.9 Å². The summed E-state index contributed by atoms with van der Waals surface area (Å²) in [5.74, 6) is 0.403. The lowest BCUT2D eigenvalue weighted by molar-refractivity contribution is -0.142. The van der Waals surface area contributed by atoms with E-state index in [1.54, 1.807) is 0 Å². The molecule has 3 fully saturated rings. The maximum atomic E-state index is 12.4. The summed E-state index contributed by atoms with van der Waals surface area (Å²) in [6, 6.07) is 8.21. The van der Waals surface area contributed by atoms with Crippen LogP contribution in [0.3, 0.4) is 0 Å². The van der Waals surface area contributed by atoms with Gasteiger partial charge in [-0.2, -0.15) is 0 Å². The Labute approximate surface area is 219 Å². The fourth-order valence-electron chi connectivity index (χ4n) is 8.08. The number of fused-ring (bicyclic) bond motifs is 5. The molecule has 4 aliphatic carbocycles. The molecule has 1 amide bonds. The van der Waals surface area contributed by atoms with Crippen molar-refractivity contribution in [2.75, 3.05) is 6.61 Å². The number of aliphatic hydroxyl groups excluding tert-OH is 1. The van der Waals surface area contributed by atoms with Gasteiger partial charge in [0.15, 0.2) is 6.61 Å². The number of aliphatic carboxylic acids is 1. The molecule has 7 atom stereocenters. The highest BCUT2D eigenvalue weighted by atomic mass is 16.6. The molecule has 7 nitrogen and oxygen atoms in total. The summed E-state index contributed by atoms with van der Waals surface area (Å²) in [5.41, 5.74) is 3.40. The summed E-state index contributed by atoms with van der Waals surface area (Å²) >= 11 is 0. The summed E-state index contributed by atoms with van der Waals surface area (Å²) < 4.78 is 0. The largest absolute Gasteiger partial charge is 0.480 e. The molecule has 1 aromatic rings. The van der Waals surface area contributed by atoms with Crippen molar-refractivity contribution in [3.8, 4) is 0 Å². The average molecular weight is 509 g/mol. The van der Waals surface area contributed by atoms with Gasteiger partial charge < -0.3 is 20.4 Å². The second-order valence-corrected chi connectivity index (χ2v) is 12.1. The monoisotopic (exact) mass is 508 g/mol. The summed E-state index contributed by atoms with van der Waals surface area (Å²) in [4.78, 5) is 29.4. The third kappa shape index (κ3) is 4.95. The van der Waals surface area contributed by atoms with E-state index in [1.165, 1.54) is 18.4 Å². The van der Waals surface area contributed by atoms with Gasteiger partial charge in [0.05, 0.1) is 11.8 Å². The number of allylic oxidation sites excluding steroid dienone is 2. The number of hydrogen-bond acceptors (Lipinski definition) is 5. The van der Waals surface area contributed by atoms with E-state index in [-0.39, 0.29) is 30.0 Å². The van der Waals surface area contributed by atoms with Gasteiger partial charge in [-0.05, 0) is 91.6 Å². The number of rotatable bonds is 7. The topological polar surface area (TPSA) is 108 Å². The lowest BCUT2D eigenvalue weighted by Gasteiger charge is -2.57. The molecule has 4 aliphatic rings. The molecule has 0 bridgehead atoms. The maximum absolute atomic E-state index is 12.4. The van der Waals surface area contributed by atoms with Gasteiger partial charge in [-0.3, -0.25) is 4.79 Å². The van der Waals surface area contributed by atoms with Crippen LogP contribution in [0.1, 0.15) is 70.8 Å². The van der Waals surface area contributed by atoms with Gasteiger partial charge in [-0.15, -0.1) is 0 Å². The van der Waals surface area contributed by atoms with Crippen molar-refractivity contribution in [2.24, 2.45) is 33.7 Å². The van der Waals surface area contributed by atoms with Gasteiger partial charge in [0.1, 0.15) is 6.04 Å². The summed E-state index contributed by atoms with van der Waals surface area (Å²) in [6.07, 6.45) is 10.7. The Morgan fingerprint density at radius 1 is 1.08 bits per heavy atom. The molecule has 0 radical (unpaired) electrons. The van der Waals surface area contributed by atoms with Gasteiger partial charge >= 0.3 is 5.97 Å². The summed E-state index contributed by atoms with van der Waals surface area (Å²) in [6.45, 7) is 4.43. The smallest absolute Gasteiger partial charge is 0.326 e. The van der Waals surface area contributed by atoms with E-state index in [0.717, 1.165) is 49.8 Å². The second kappa shape index (κ2) is 10.2. The quantitative estimate of drug-likeness (QED) is 0.470. The number of nitrogens with zero attached hydrogens (tertiary/aromatic N) is 1. The fraction of sp³-hybridized carbons (Fsp3) is 0.633. The molecule has 3 saturated carbocycles. The number of amides is 1. The molecule has 0 aromatic heterocycles. The highest BCUT2D eigenvalue weighted by molar-refractivity contribution is 5.96. The van der Waals surface area contributed by atoms with Gasteiger partial charge in [0.25, 0.3) is 5.91 Å². The Hall–Kier alpha value is -2.67. The first-order valence-electron chi connectivity index (χ1n) is 13.8. The number of aliphatic hydroxyl groups is 1. The first kappa shape index (κ1) is 26.0. The van der Waals surface area contributed by atoms with Gasteiger partial charge in [0, 0.05) is 6.42 Å². The predicted octanol–water partition coefficient (Wildman–Crippen LogP) is 4.49. The first-order chi connectivity index (χ1) is 17.7. The standard InChI is InChI=1S/C30H40N2O5/c1-29-14-12-21(32-37-18-27(34)31-25(28(35)36)16-19-6-4-3-5-7-19)17-20(29)8-9-22-23-10-11-26(33)30(23,2)15-13-24(22)29/h3-7,17,22-26,33H,8-16,18H2,1-2H3,(H,31,34)(H,35,36)/b32-21-/t22?,23?,24?,25?,26?,29-,30-/m0/s1. The van der Waals surface area contributed by atoms with E-state index in [0.29, 0.717) is 17.8 Å². The van der Waals surface area contributed by atoms with Crippen LogP contribution in [0.2, 0.25) is 0 Å². The van der Waals surface area contributed by atoms with Crippen molar-refractivity contribution in [3.05, 3.63) is 47.5 Å². The number of carboxylic acids is 1. The van der Waals surface area contributed by atoms with Crippen LogP contribution in [0.5, 0.6) is 0 Å². The minimum Gasteiger partial charge on any atom is -0.480 e. The molecule has 1 aromatic carbocycles. The zero-order valence-electron chi connectivity index (χ0n) is 22.0. The average Bonchev–Trinajstić information content (AvgIpc) is 3.18. The molecule has 37 heavy (non-hydrogen) atoms. The number of nitrogens with one attached hydrogen (secondary N) is 1. The number of hydrogen-bond donors (Lipinski definition) is 3. The Bertz CT molecular complexity index is 1080. The van der Waals surface area contributed by atoms with Crippen LogP contribution in [-0.4, -0.2) is 46.6 Å². The SMILES string of the molecule is C[C@]12CCC3C(CCC4=C/C(=N\OCC(=O)NC(Cc5ccccc5)C(=O)O)CC[C@@]43C)C1CCC2O. The molecular weight excluding hydrogens is 468 g/mol. The van der Waals surface area contributed by atoms with E-state index in [2.05, 4.69) is 30.4 Å². The number of carboxylic acid groups (broad SMARTS) is 1. The second-order valence-electron chi connectivity index (χ2n) is 12.1. The van der Waals surface area contributed by atoms with Crippen molar-refractivity contribution in [1.29, 1.82) is 0 Å². The molecule has 0 spiro atoms. The zero-order valence-corrected chi connectivity index (χ0v) is 22.0. The Morgan fingerprint density at radius 2 is 1.86 bits per heavy atom. The van der Waals surface area contributed by atoms with Crippen LogP contribution in [0.25, 0.3) is 0 Å². The Balaban J connectivity index is 1.18. The van der Waals surface area contributed by atoms with E-state index in [1.807, 2.05) is 30.3 Å². The van der Waals surface area contributed by atoms with Crippen molar-refractivity contribution < 1.29 is 24.6 Å². The van der Waals surface area contributed by atoms with E-state index in [4.69, 9.17) is 4.84 Å². The fourth-order valence-corrected chi connectivity index (χ4v) is 8.08. The maximum Gasteiger partial charge on any atom is 0.326 e. The van der Waals surface area contributed by atoms with Crippen molar-refractivity contribution in [2.45, 2.75) is 83.8 Å². The van der Waals surface area contributed by atoms with Crippen LogP contribution >= 0.6 is 0 Å². The lowest BCUT2D eigenvalue weighted by atomic mass is 9.47. The van der Waals surface area contributed by atoms with Crippen LogP contribution in [0.15, 0.2) is 47.1 Å². The molecular formula is C30H40N2O5. The zero-order chi connectivity index (χ0) is 26.2. The third-order valence-corrected chi connectivity index (χ3v) is 10.2. The molecule has 0 saturated heterocycles. The Kier molecular flexibility index (Phi) is 7.18. The number of carbonyl (C=O) groups excluding carboxylic acids is 1. The van der Waals surface area contributed by atoms with Crippen LogP contribution in [0.4, 0.5) is 0 Å². The molecule has 0 heterocycles. The lowest BCUT2D eigenvalue weighted by Crippen LogP contribution is -2.51. The number of oxime groups is 1. The highest BCUT2D eigenvalue weighted by Crippen LogP contribution is 2.65. The molecule has 0 aliphatic heterocycles. The summed E-state index contributed by atoms with van der Waals surface area (Å²) in [5, 5.41) is 27.0. The molecule has 3 N–H and O–H groups in total. The van der Waals surface area contributed by atoms with E-state index < -0.39 is 17.9 Å². The van der Waals surface area contributed by atoms with Gasteiger partial charge in [0.2, 0.25) is 0 Å². The minimum absolute atomic E-state index is 0.0924. The predicted molar refractivity (Wildman–Crippen MR) is 141 cm³/mol. The Morgan fingerprint density at radius 3 is 2.62 bits per heavy atom.